The molecule has 126 valence electrons. The Kier molecular flexibility index (Phi) is 4.95. The van der Waals surface area contributed by atoms with Crippen molar-refractivity contribution in [3.05, 3.63) is 34.4 Å². The van der Waals surface area contributed by atoms with Crippen LogP contribution in [0.1, 0.15) is 19.8 Å². The van der Waals surface area contributed by atoms with E-state index in [1.165, 1.54) is 41.3 Å². The molecule has 2 N–H and O–H groups in total. The van der Waals surface area contributed by atoms with E-state index in [1.54, 1.807) is 13.0 Å². The molecule has 1 saturated carbocycles. The number of nitro benzene ring substituents is 1. The van der Waals surface area contributed by atoms with Crippen molar-refractivity contribution in [2.24, 2.45) is 0 Å². The highest BCUT2D eigenvalue weighted by Gasteiger charge is 2.23. The Morgan fingerprint density at radius 1 is 1.46 bits per heavy atom. The number of non-ortho nitro benzene ring substituents is 1. The van der Waals surface area contributed by atoms with Crippen molar-refractivity contribution in [1.82, 2.24) is 10.2 Å². The summed E-state index contributed by atoms with van der Waals surface area (Å²) in [6.45, 7) is 1.76. The summed E-state index contributed by atoms with van der Waals surface area (Å²) >= 11 is 2.73. The molecule has 1 aliphatic carbocycles. The number of anilines is 2. The van der Waals surface area contributed by atoms with Gasteiger partial charge in [-0.05, 0) is 25.8 Å². The summed E-state index contributed by atoms with van der Waals surface area (Å²) < 4.78 is 0.708. The third-order valence-corrected chi connectivity index (χ3v) is 5.32. The number of hydrogen-bond donors (Lipinski definition) is 2. The van der Waals surface area contributed by atoms with Gasteiger partial charge in [-0.15, -0.1) is 10.2 Å². The van der Waals surface area contributed by atoms with E-state index in [-0.39, 0.29) is 11.6 Å². The highest BCUT2D eigenvalue weighted by Crippen LogP contribution is 2.32. The molecule has 1 fully saturated rings. The van der Waals surface area contributed by atoms with Crippen LogP contribution in [0.3, 0.4) is 0 Å². The molecule has 0 bridgehead atoms. The maximum Gasteiger partial charge on any atom is 0.271 e. The number of amides is 1. The first kappa shape index (κ1) is 16.7. The standard InChI is InChI=1S/C14H15N5O3S2/c1-8(23-14-18-17-13(24-14)16-9-5-6-9)12(20)15-10-3-2-4-11(7-10)19(21)22/h2-4,7-9H,5-6H2,1H3,(H,15,20)(H,16,17). The average molecular weight is 365 g/mol. The summed E-state index contributed by atoms with van der Waals surface area (Å²) in [6, 6.07) is 6.36. The van der Waals surface area contributed by atoms with Gasteiger partial charge in [0.05, 0.1) is 10.2 Å². The Morgan fingerprint density at radius 3 is 2.96 bits per heavy atom. The average Bonchev–Trinajstić information content (AvgIpc) is 3.26. The second-order valence-corrected chi connectivity index (χ2v) is 7.91. The quantitative estimate of drug-likeness (QED) is 0.440. The number of carbonyl (C=O) groups excluding carboxylic acids is 1. The summed E-state index contributed by atoms with van der Waals surface area (Å²) in [6.07, 6.45) is 2.31. The summed E-state index contributed by atoms with van der Waals surface area (Å²) in [5, 5.41) is 25.2. The van der Waals surface area contributed by atoms with E-state index < -0.39 is 10.2 Å². The van der Waals surface area contributed by atoms with Gasteiger partial charge in [0.1, 0.15) is 0 Å². The fourth-order valence-electron chi connectivity index (χ4n) is 1.86. The van der Waals surface area contributed by atoms with E-state index in [4.69, 9.17) is 0 Å². The van der Waals surface area contributed by atoms with Crippen LogP contribution in [0, 0.1) is 10.1 Å². The van der Waals surface area contributed by atoms with Crippen LogP contribution in [0.5, 0.6) is 0 Å². The topological polar surface area (TPSA) is 110 Å². The summed E-state index contributed by atoms with van der Waals surface area (Å²) in [5.41, 5.74) is 0.336. The molecule has 1 aliphatic rings. The summed E-state index contributed by atoms with van der Waals surface area (Å²) in [5.74, 6) is -0.243. The van der Waals surface area contributed by atoms with Crippen LogP contribution in [0.2, 0.25) is 0 Å². The van der Waals surface area contributed by atoms with Gasteiger partial charge in [-0.3, -0.25) is 14.9 Å². The van der Waals surface area contributed by atoms with Crippen molar-refractivity contribution in [1.29, 1.82) is 0 Å². The van der Waals surface area contributed by atoms with Crippen molar-refractivity contribution in [3.8, 4) is 0 Å². The lowest BCUT2D eigenvalue weighted by Crippen LogP contribution is -2.22. The lowest BCUT2D eigenvalue weighted by molar-refractivity contribution is -0.384. The van der Waals surface area contributed by atoms with Crippen LogP contribution < -0.4 is 10.6 Å². The molecule has 1 aromatic heterocycles. The Balaban J connectivity index is 1.56. The van der Waals surface area contributed by atoms with E-state index >= 15 is 0 Å². The molecular formula is C14H15N5O3S2. The number of rotatable bonds is 7. The highest BCUT2D eigenvalue weighted by atomic mass is 32.2. The Hall–Kier alpha value is -2.20. The second kappa shape index (κ2) is 7.14. The van der Waals surface area contributed by atoms with Crippen molar-refractivity contribution in [3.63, 3.8) is 0 Å². The molecule has 0 saturated heterocycles. The third kappa shape index (κ3) is 4.42. The van der Waals surface area contributed by atoms with Crippen molar-refractivity contribution >= 4 is 45.5 Å². The van der Waals surface area contributed by atoms with E-state index in [9.17, 15) is 14.9 Å². The molecule has 1 unspecified atom stereocenters. The van der Waals surface area contributed by atoms with Crippen LogP contribution in [0.4, 0.5) is 16.5 Å². The number of thioether (sulfide) groups is 1. The van der Waals surface area contributed by atoms with Gasteiger partial charge in [0.2, 0.25) is 11.0 Å². The molecule has 1 heterocycles. The smallest absolute Gasteiger partial charge is 0.271 e. The molecule has 24 heavy (non-hydrogen) atoms. The molecule has 1 atom stereocenters. The number of nitrogens with zero attached hydrogens (tertiary/aromatic N) is 3. The first-order valence-electron chi connectivity index (χ1n) is 7.33. The van der Waals surface area contributed by atoms with Crippen LogP contribution in [-0.2, 0) is 4.79 Å². The molecule has 0 aliphatic heterocycles. The maximum atomic E-state index is 12.2. The SMILES string of the molecule is CC(Sc1nnc(NC2CC2)s1)C(=O)Nc1cccc([N+](=O)[O-])c1. The number of nitro groups is 1. The minimum atomic E-state index is -0.497. The first-order valence-corrected chi connectivity index (χ1v) is 9.03. The van der Waals surface area contributed by atoms with Gasteiger partial charge in [0.15, 0.2) is 4.34 Å². The molecule has 1 amide bonds. The lowest BCUT2D eigenvalue weighted by atomic mass is 10.2. The normalized spacial score (nSPS) is 14.9. The predicted octanol–water partition coefficient (Wildman–Crippen LogP) is 3.14. The predicted molar refractivity (Wildman–Crippen MR) is 93.6 cm³/mol. The van der Waals surface area contributed by atoms with Gasteiger partial charge in [0, 0.05) is 23.9 Å². The van der Waals surface area contributed by atoms with Gasteiger partial charge in [-0.1, -0.05) is 29.2 Å². The number of nitrogens with one attached hydrogen (secondary N) is 2. The number of hydrogen-bond acceptors (Lipinski definition) is 8. The largest absolute Gasteiger partial charge is 0.357 e. The summed E-state index contributed by atoms with van der Waals surface area (Å²) in [4.78, 5) is 22.5. The zero-order chi connectivity index (χ0) is 17.1. The van der Waals surface area contributed by atoms with Crippen LogP contribution in [0.25, 0.3) is 0 Å². The van der Waals surface area contributed by atoms with E-state index in [2.05, 4.69) is 20.8 Å². The van der Waals surface area contributed by atoms with E-state index in [1.807, 2.05) is 0 Å². The Bertz CT molecular complexity index is 762. The molecule has 1 aromatic carbocycles. The summed E-state index contributed by atoms with van der Waals surface area (Å²) in [7, 11) is 0. The molecular weight excluding hydrogens is 350 g/mol. The lowest BCUT2D eigenvalue weighted by Gasteiger charge is -2.10. The molecule has 10 heteroatoms. The maximum absolute atomic E-state index is 12.2. The number of aromatic nitrogens is 2. The van der Waals surface area contributed by atoms with Crippen LogP contribution in [0.15, 0.2) is 28.6 Å². The van der Waals surface area contributed by atoms with Gasteiger partial charge >= 0.3 is 0 Å². The fourth-order valence-corrected chi connectivity index (χ4v) is 3.84. The molecule has 8 nitrogen and oxygen atoms in total. The third-order valence-electron chi connectivity index (χ3n) is 3.28. The van der Waals surface area contributed by atoms with Crippen molar-refractivity contribution in [2.45, 2.75) is 35.4 Å². The monoisotopic (exact) mass is 365 g/mol. The minimum Gasteiger partial charge on any atom is -0.357 e. The zero-order valence-corrected chi connectivity index (χ0v) is 14.4. The zero-order valence-electron chi connectivity index (χ0n) is 12.8. The van der Waals surface area contributed by atoms with Crippen LogP contribution >= 0.6 is 23.1 Å². The van der Waals surface area contributed by atoms with Gasteiger partial charge in [0.25, 0.3) is 5.69 Å². The van der Waals surface area contributed by atoms with E-state index in [0.29, 0.717) is 16.1 Å². The first-order chi connectivity index (χ1) is 11.5. The highest BCUT2D eigenvalue weighted by molar-refractivity contribution is 8.02. The molecule has 3 rings (SSSR count). The molecule has 0 spiro atoms. The Labute approximate surface area is 146 Å². The molecule has 2 aromatic rings. The van der Waals surface area contributed by atoms with Gasteiger partial charge in [-0.2, -0.15) is 0 Å². The number of carbonyl (C=O) groups is 1. The van der Waals surface area contributed by atoms with Gasteiger partial charge in [-0.25, -0.2) is 0 Å². The number of benzene rings is 1. The van der Waals surface area contributed by atoms with Gasteiger partial charge < -0.3 is 10.6 Å². The second-order valence-electron chi connectivity index (χ2n) is 5.35. The minimum absolute atomic E-state index is 0.0620. The van der Waals surface area contributed by atoms with Crippen molar-refractivity contribution in [2.75, 3.05) is 10.6 Å². The molecule has 0 radical (unpaired) electrons. The van der Waals surface area contributed by atoms with Crippen LogP contribution in [-0.4, -0.2) is 32.3 Å². The van der Waals surface area contributed by atoms with E-state index in [0.717, 1.165) is 18.0 Å². The van der Waals surface area contributed by atoms with Crippen molar-refractivity contribution < 1.29 is 9.72 Å². The Morgan fingerprint density at radius 2 is 2.25 bits per heavy atom. The fraction of sp³-hybridized carbons (Fsp3) is 0.357.